The number of piperidine rings is 1. The maximum absolute atomic E-state index is 12.4. The molecule has 2 aliphatic rings. The molecule has 2 bridgehead atoms. The smallest absolute Gasteiger partial charge is 0.310 e. The Bertz CT molecular complexity index is 386. The summed E-state index contributed by atoms with van der Waals surface area (Å²) in [4.78, 5) is 17.0. The Labute approximate surface area is 111 Å². The number of alkyl halides is 1. The molecule has 0 aromatic carbocycles. The quantitative estimate of drug-likeness (QED) is 0.332. The lowest BCUT2D eigenvalue weighted by atomic mass is 9.85. The standard InChI is InChI=1S/C12H19FN4O2/c1-19-12(18)11-9(15-16-14)7-8-3-4-10(11)17(8)6-2-5-13/h8-11H,2-7H2,1H3/t8-,9?,10+,11-/m0/s1. The highest BCUT2D eigenvalue weighted by Gasteiger charge is 2.50. The molecule has 2 saturated heterocycles. The van der Waals surface area contributed by atoms with Crippen LogP contribution in [0.2, 0.25) is 0 Å². The lowest BCUT2D eigenvalue weighted by molar-refractivity contribution is -0.150. The van der Waals surface area contributed by atoms with Crippen LogP contribution in [0.15, 0.2) is 5.11 Å². The summed E-state index contributed by atoms with van der Waals surface area (Å²) in [5.41, 5.74) is 8.63. The van der Waals surface area contributed by atoms with Gasteiger partial charge in [-0.3, -0.25) is 14.1 Å². The van der Waals surface area contributed by atoms with Gasteiger partial charge in [-0.2, -0.15) is 0 Å². The van der Waals surface area contributed by atoms with E-state index in [0.717, 1.165) is 12.8 Å². The van der Waals surface area contributed by atoms with Crippen LogP contribution in [0.4, 0.5) is 4.39 Å². The number of esters is 1. The monoisotopic (exact) mass is 270 g/mol. The highest BCUT2D eigenvalue weighted by atomic mass is 19.1. The molecule has 1 unspecified atom stereocenters. The molecule has 6 nitrogen and oxygen atoms in total. The zero-order valence-electron chi connectivity index (χ0n) is 11.0. The first-order chi connectivity index (χ1) is 9.22. The number of hydrogen-bond donors (Lipinski definition) is 0. The number of azide groups is 1. The first-order valence-electron chi connectivity index (χ1n) is 6.66. The van der Waals surface area contributed by atoms with Gasteiger partial charge in [0.1, 0.15) is 0 Å². The third-order valence-electron chi connectivity index (χ3n) is 4.26. The molecule has 0 aliphatic carbocycles. The molecule has 2 rings (SSSR count). The van der Waals surface area contributed by atoms with E-state index in [1.54, 1.807) is 0 Å². The van der Waals surface area contributed by atoms with Crippen LogP contribution in [-0.4, -0.2) is 49.3 Å². The lowest BCUT2D eigenvalue weighted by Gasteiger charge is -2.41. The molecule has 0 aromatic heterocycles. The number of fused-ring (bicyclic) bond motifs is 2. The molecule has 0 aromatic rings. The minimum Gasteiger partial charge on any atom is -0.469 e. The van der Waals surface area contributed by atoms with E-state index in [-0.39, 0.29) is 24.7 Å². The van der Waals surface area contributed by atoms with Gasteiger partial charge in [-0.1, -0.05) is 5.11 Å². The van der Waals surface area contributed by atoms with Crippen molar-refractivity contribution in [1.82, 2.24) is 4.90 Å². The fraction of sp³-hybridized carbons (Fsp3) is 0.917. The zero-order chi connectivity index (χ0) is 13.8. The number of ether oxygens (including phenoxy) is 1. The molecule has 0 amide bonds. The molecule has 7 heteroatoms. The lowest BCUT2D eigenvalue weighted by Crippen LogP contribution is -2.53. The Morgan fingerprint density at radius 1 is 1.58 bits per heavy atom. The second-order valence-electron chi connectivity index (χ2n) is 5.14. The van der Waals surface area contributed by atoms with Crippen LogP contribution in [0.3, 0.4) is 0 Å². The Morgan fingerprint density at radius 3 is 3.00 bits per heavy atom. The van der Waals surface area contributed by atoms with E-state index in [1.807, 2.05) is 0 Å². The number of methoxy groups -OCH3 is 1. The number of halogens is 1. The average Bonchev–Trinajstić information content (AvgIpc) is 2.69. The molecule has 0 N–H and O–H groups in total. The highest BCUT2D eigenvalue weighted by Crippen LogP contribution is 2.41. The van der Waals surface area contributed by atoms with E-state index < -0.39 is 5.92 Å². The van der Waals surface area contributed by atoms with E-state index in [4.69, 9.17) is 10.3 Å². The van der Waals surface area contributed by atoms with Crippen molar-refractivity contribution in [1.29, 1.82) is 0 Å². The first-order valence-corrected chi connectivity index (χ1v) is 6.66. The topological polar surface area (TPSA) is 78.3 Å². The Balaban J connectivity index is 2.19. The van der Waals surface area contributed by atoms with Gasteiger partial charge in [0.05, 0.1) is 25.7 Å². The average molecular weight is 270 g/mol. The van der Waals surface area contributed by atoms with Gasteiger partial charge in [0.2, 0.25) is 0 Å². The van der Waals surface area contributed by atoms with Gasteiger partial charge >= 0.3 is 5.97 Å². The van der Waals surface area contributed by atoms with Crippen LogP contribution in [0.1, 0.15) is 25.7 Å². The fourth-order valence-corrected chi connectivity index (χ4v) is 3.51. The van der Waals surface area contributed by atoms with Gasteiger partial charge in [0, 0.05) is 23.5 Å². The van der Waals surface area contributed by atoms with Crippen LogP contribution in [-0.2, 0) is 9.53 Å². The van der Waals surface area contributed by atoms with E-state index in [1.165, 1.54) is 7.11 Å². The normalized spacial score (nSPS) is 33.8. The molecule has 2 aliphatic heterocycles. The van der Waals surface area contributed by atoms with E-state index in [0.29, 0.717) is 25.4 Å². The second-order valence-corrected chi connectivity index (χ2v) is 5.14. The summed E-state index contributed by atoms with van der Waals surface area (Å²) in [6, 6.07) is -0.0159. The van der Waals surface area contributed by atoms with Gasteiger partial charge in [-0.05, 0) is 31.2 Å². The van der Waals surface area contributed by atoms with Crippen molar-refractivity contribution >= 4 is 5.97 Å². The summed E-state index contributed by atoms with van der Waals surface area (Å²) < 4.78 is 17.2. The minimum atomic E-state index is -0.417. The summed E-state index contributed by atoms with van der Waals surface area (Å²) in [6.45, 7) is 0.306. The number of carbonyl (C=O) groups is 1. The second kappa shape index (κ2) is 6.21. The number of hydrogen-bond acceptors (Lipinski definition) is 4. The minimum absolute atomic E-state index is 0.0215. The van der Waals surface area contributed by atoms with Crippen molar-refractivity contribution in [3.05, 3.63) is 10.4 Å². The number of rotatable bonds is 5. The SMILES string of the molecule is COC(=O)[C@H]1C(N=[N+]=[N-])C[C@@H]2CC[C@H]1N2CCCF. The predicted molar refractivity (Wildman–Crippen MR) is 67.2 cm³/mol. The third kappa shape index (κ3) is 2.67. The molecular weight excluding hydrogens is 251 g/mol. The molecule has 0 saturated carbocycles. The van der Waals surface area contributed by atoms with Crippen molar-refractivity contribution in [3.63, 3.8) is 0 Å². The zero-order valence-corrected chi connectivity index (χ0v) is 11.0. The first kappa shape index (κ1) is 14.1. The molecule has 2 heterocycles. The van der Waals surface area contributed by atoms with Gasteiger partial charge in [0.15, 0.2) is 0 Å². The van der Waals surface area contributed by atoms with E-state index in [9.17, 15) is 9.18 Å². The van der Waals surface area contributed by atoms with Crippen molar-refractivity contribution in [2.45, 2.75) is 43.8 Å². The predicted octanol–water partition coefficient (Wildman–Crippen LogP) is 2.05. The van der Waals surface area contributed by atoms with Crippen LogP contribution in [0.25, 0.3) is 10.4 Å². The summed E-state index contributed by atoms with van der Waals surface area (Å²) in [5.74, 6) is -0.743. The summed E-state index contributed by atoms with van der Waals surface area (Å²) in [6.07, 6.45) is 3.00. The molecule has 0 radical (unpaired) electrons. The largest absolute Gasteiger partial charge is 0.469 e. The molecule has 106 valence electrons. The Morgan fingerprint density at radius 2 is 2.37 bits per heavy atom. The van der Waals surface area contributed by atoms with Crippen molar-refractivity contribution in [2.75, 3.05) is 20.3 Å². The van der Waals surface area contributed by atoms with Gasteiger partial charge in [-0.15, -0.1) is 0 Å². The highest BCUT2D eigenvalue weighted by molar-refractivity contribution is 5.74. The maximum atomic E-state index is 12.4. The molecule has 4 atom stereocenters. The Hall–Kier alpha value is -1.33. The molecule has 19 heavy (non-hydrogen) atoms. The fourth-order valence-electron chi connectivity index (χ4n) is 3.51. The number of nitrogens with zero attached hydrogens (tertiary/aromatic N) is 4. The van der Waals surface area contributed by atoms with Gasteiger partial charge in [0.25, 0.3) is 0 Å². The van der Waals surface area contributed by atoms with Gasteiger partial charge in [-0.25, -0.2) is 0 Å². The van der Waals surface area contributed by atoms with Crippen LogP contribution in [0, 0.1) is 5.92 Å². The van der Waals surface area contributed by atoms with Crippen LogP contribution < -0.4 is 0 Å². The molecule has 2 fully saturated rings. The van der Waals surface area contributed by atoms with Crippen molar-refractivity contribution in [3.8, 4) is 0 Å². The summed E-state index contributed by atoms with van der Waals surface area (Å²) >= 11 is 0. The number of carbonyl (C=O) groups excluding carboxylic acids is 1. The van der Waals surface area contributed by atoms with Crippen LogP contribution >= 0.6 is 0 Å². The third-order valence-corrected chi connectivity index (χ3v) is 4.26. The Kier molecular flexibility index (Phi) is 4.61. The van der Waals surface area contributed by atoms with E-state index >= 15 is 0 Å². The summed E-state index contributed by atoms with van der Waals surface area (Å²) in [5, 5.41) is 3.77. The summed E-state index contributed by atoms with van der Waals surface area (Å²) in [7, 11) is 1.35. The molecule has 0 spiro atoms. The molecular formula is C12H19FN4O2. The van der Waals surface area contributed by atoms with Crippen molar-refractivity contribution < 1.29 is 13.9 Å². The van der Waals surface area contributed by atoms with Crippen LogP contribution in [0.5, 0.6) is 0 Å². The van der Waals surface area contributed by atoms with Crippen molar-refractivity contribution in [2.24, 2.45) is 11.0 Å². The van der Waals surface area contributed by atoms with E-state index in [2.05, 4.69) is 14.9 Å². The van der Waals surface area contributed by atoms with Gasteiger partial charge < -0.3 is 4.74 Å². The maximum Gasteiger partial charge on any atom is 0.310 e.